The number of nitrogens with zero attached hydrogens (tertiary/aromatic N) is 2. The van der Waals surface area contributed by atoms with E-state index in [1.165, 1.54) is 0 Å². The van der Waals surface area contributed by atoms with E-state index in [0.29, 0.717) is 22.5 Å². The monoisotopic (exact) mass is 438 g/mol. The van der Waals surface area contributed by atoms with Crippen LogP contribution in [0.4, 0.5) is 11.4 Å². The Hall–Kier alpha value is 0.340. The molecule has 0 fully saturated rings. The van der Waals surface area contributed by atoms with E-state index in [2.05, 4.69) is 41.8 Å². The van der Waals surface area contributed by atoms with E-state index in [0.717, 1.165) is 8.95 Å². The molecular weight excluding hydrogens is 434 g/mol. The van der Waals surface area contributed by atoms with Gasteiger partial charge in [-0.2, -0.15) is 0 Å². The van der Waals surface area contributed by atoms with Crippen LogP contribution >= 0.6 is 31.9 Å². The first-order chi connectivity index (χ1) is 9.54. The fraction of sp³-hybridized carbons (Fsp3) is 0. The van der Waals surface area contributed by atoms with Gasteiger partial charge in [0.25, 0.3) is 0 Å². The first kappa shape index (κ1) is 20.4. The Kier molecular flexibility index (Phi) is 7.82. The van der Waals surface area contributed by atoms with Crippen LogP contribution in [0, 0.1) is 0 Å². The molecule has 0 amide bonds. The minimum Gasteiger partial charge on any atom is -0.858 e. The van der Waals surface area contributed by atoms with Crippen molar-refractivity contribution in [2.45, 2.75) is 0 Å². The fourth-order valence-corrected chi connectivity index (χ4v) is 2.59. The van der Waals surface area contributed by atoms with E-state index < -0.39 is 11.8 Å². The molecule has 0 bridgehead atoms. The molecule has 0 saturated heterocycles. The third-order valence-electron chi connectivity index (χ3n) is 2.82. The van der Waals surface area contributed by atoms with Crippen molar-refractivity contribution in [1.29, 1.82) is 0 Å². The van der Waals surface area contributed by atoms with Gasteiger partial charge in [-0.3, -0.25) is 9.98 Å². The van der Waals surface area contributed by atoms with Crippen LogP contribution in [0.2, 0.25) is 0 Å². The number of hydrogen-bond acceptors (Lipinski definition) is 4. The molecule has 0 saturated carbocycles. The molecule has 1 heterocycles. The van der Waals surface area contributed by atoms with Crippen LogP contribution < -0.4 is 69.3 Å². The van der Waals surface area contributed by atoms with Gasteiger partial charge in [0.1, 0.15) is 0 Å². The van der Waals surface area contributed by atoms with E-state index in [1.807, 2.05) is 0 Å². The first-order valence-electron chi connectivity index (χ1n) is 5.66. The minimum absolute atomic E-state index is 0. The molecule has 3 rings (SSSR count). The SMILES string of the molecule is [Na+].[Na+].[O-]C1=Nc2cc(Br)ccc2C([O-])=Nc2cc(Br)ccc21. The molecular formula is C14H6Br2N2Na2O2. The standard InChI is InChI=1S/C14H8Br2N2O2.2Na/c15-7-1-3-9-11(5-7)17-14(20)10-4-2-8(16)6-12(10)18-13(9)19;;/h1-6H,(H,17,20)(H,18,19);;/q;2*+1/p-2. The Balaban J connectivity index is 0.00000121. The molecule has 0 aromatic heterocycles. The van der Waals surface area contributed by atoms with Gasteiger partial charge in [0.2, 0.25) is 0 Å². The number of fused-ring (bicyclic) bond motifs is 2. The van der Waals surface area contributed by atoms with Crippen molar-refractivity contribution in [1.82, 2.24) is 0 Å². The minimum atomic E-state index is -0.414. The van der Waals surface area contributed by atoms with Crippen molar-refractivity contribution in [3.8, 4) is 0 Å². The molecule has 0 radical (unpaired) electrons. The normalized spacial score (nSPS) is 12.3. The van der Waals surface area contributed by atoms with E-state index in [1.54, 1.807) is 36.4 Å². The zero-order valence-electron chi connectivity index (χ0n) is 11.9. The van der Waals surface area contributed by atoms with E-state index in [-0.39, 0.29) is 59.1 Å². The molecule has 22 heavy (non-hydrogen) atoms. The summed E-state index contributed by atoms with van der Waals surface area (Å²) in [7, 11) is 0. The summed E-state index contributed by atoms with van der Waals surface area (Å²) >= 11 is 6.59. The number of hydrogen-bond donors (Lipinski definition) is 0. The Labute approximate surface area is 188 Å². The summed E-state index contributed by atoms with van der Waals surface area (Å²) in [5.41, 5.74) is 1.28. The van der Waals surface area contributed by atoms with Gasteiger partial charge in [-0.15, -0.1) is 0 Å². The number of aliphatic imine (C=N–C) groups is 2. The van der Waals surface area contributed by atoms with Crippen LogP contribution in [0.3, 0.4) is 0 Å². The molecule has 0 spiro atoms. The molecule has 8 heteroatoms. The van der Waals surface area contributed by atoms with Crippen LogP contribution in [0.1, 0.15) is 11.1 Å². The molecule has 2 aromatic rings. The summed E-state index contributed by atoms with van der Waals surface area (Å²) in [5, 5.41) is 24.4. The quantitative estimate of drug-likeness (QED) is 0.398. The van der Waals surface area contributed by atoms with Crippen LogP contribution in [0.5, 0.6) is 0 Å². The summed E-state index contributed by atoms with van der Waals surface area (Å²) in [6.45, 7) is 0. The fourth-order valence-electron chi connectivity index (χ4n) is 1.90. The van der Waals surface area contributed by atoms with Gasteiger partial charge in [0, 0.05) is 20.1 Å². The topological polar surface area (TPSA) is 70.8 Å². The second-order valence-corrected chi connectivity index (χ2v) is 5.99. The predicted octanol–water partition coefficient (Wildman–Crippen LogP) is -3.59. The summed E-state index contributed by atoms with van der Waals surface area (Å²) in [6, 6.07) is 9.90. The smallest absolute Gasteiger partial charge is 0.858 e. The number of benzene rings is 2. The maximum atomic E-state index is 12.2. The van der Waals surface area contributed by atoms with E-state index >= 15 is 0 Å². The predicted molar refractivity (Wildman–Crippen MR) is 80.7 cm³/mol. The van der Waals surface area contributed by atoms with Crippen molar-refractivity contribution in [2.75, 3.05) is 0 Å². The Morgan fingerprint density at radius 2 is 1.05 bits per heavy atom. The summed E-state index contributed by atoms with van der Waals surface area (Å²) in [4.78, 5) is 8.03. The van der Waals surface area contributed by atoms with Gasteiger partial charge >= 0.3 is 59.1 Å². The van der Waals surface area contributed by atoms with Crippen molar-refractivity contribution < 1.29 is 69.3 Å². The first-order valence-corrected chi connectivity index (χ1v) is 7.24. The molecule has 0 unspecified atom stereocenters. The van der Waals surface area contributed by atoms with Crippen molar-refractivity contribution in [2.24, 2.45) is 9.98 Å². The second kappa shape index (κ2) is 8.44. The Morgan fingerprint density at radius 3 is 1.41 bits per heavy atom. The van der Waals surface area contributed by atoms with Crippen molar-refractivity contribution in [3.05, 3.63) is 56.5 Å². The zero-order chi connectivity index (χ0) is 14.3. The number of halogens is 2. The van der Waals surface area contributed by atoms with E-state index in [9.17, 15) is 10.2 Å². The summed E-state index contributed by atoms with van der Waals surface area (Å²) in [5.74, 6) is -0.828. The molecule has 0 atom stereocenters. The maximum absolute atomic E-state index is 12.2. The van der Waals surface area contributed by atoms with Crippen LogP contribution in [-0.4, -0.2) is 11.8 Å². The summed E-state index contributed by atoms with van der Waals surface area (Å²) in [6.07, 6.45) is 0. The molecule has 2 aromatic carbocycles. The molecule has 1 aliphatic heterocycles. The van der Waals surface area contributed by atoms with Gasteiger partial charge in [0.15, 0.2) is 0 Å². The molecule has 0 N–H and O–H groups in total. The Bertz CT molecular complexity index is 714. The average molecular weight is 440 g/mol. The van der Waals surface area contributed by atoms with Gasteiger partial charge in [-0.1, -0.05) is 44.0 Å². The maximum Gasteiger partial charge on any atom is 1.00 e. The van der Waals surface area contributed by atoms with Gasteiger partial charge < -0.3 is 10.2 Å². The van der Waals surface area contributed by atoms with Gasteiger partial charge in [-0.05, 0) is 36.1 Å². The zero-order valence-corrected chi connectivity index (χ0v) is 19.1. The second-order valence-electron chi connectivity index (χ2n) is 4.16. The molecule has 0 aliphatic carbocycles. The van der Waals surface area contributed by atoms with Gasteiger partial charge in [-0.25, -0.2) is 0 Å². The van der Waals surface area contributed by atoms with Crippen molar-refractivity contribution in [3.63, 3.8) is 0 Å². The van der Waals surface area contributed by atoms with Crippen LogP contribution in [0.15, 0.2) is 55.3 Å². The average Bonchev–Trinajstić information content (AvgIpc) is 2.37. The van der Waals surface area contributed by atoms with Crippen LogP contribution in [0.25, 0.3) is 0 Å². The van der Waals surface area contributed by atoms with Crippen LogP contribution in [-0.2, 0) is 0 Å². The molecule has 1 aliphatic rings. The largest absolute Gasteiger partial charge is 1.00 e. The third-order valence-corrected chi connectivity index (χ3v) is 3.81. The van der Waals surface area contributed by atoms with Gasteiger partial charge in [0.05, 0.1) is 11.4 Å². The molecule has 4 nitrogen and oxygen atoms in total. The van der Waals surface area contributed by atoms with Crippen molar-refractivity contribution >= 4 is 55.0 Å². The number of rotatable bonds is 0. The Morgan fingerprint density at radius 1 is 0.682 bits per heavy atom. The van der Waals surface area contributed by atoms with E-state index in [4.69, 9.17) is 0 Å². The summed E-state index contributed by atoms with van der Waals surface area (Å²) < 4.78 is 1.49. The molecule has 100 valence electrons. The third kappa shape index (κ3) is 4.24.